The quantitative estimate of drug-likeness (QED) is 0.577. The summed E-state index contributed by atoms with van der Waals surface area (Å²) in [6.45, 7) is 6.53. The van der Waals surface area contributed by atoms with Crippen molar-refractivity contribution in [1.82, 2.24) is 0 Å². The number of aromatic nitrogens is 1. The van der Waals surface area contributed by atoms with Crippen molar-refractivity contribution in [3.63, 3.8) is 0 Å². The molecule has 0 amide bonds. The zero-order chi connectivity index (χ0) is 14.3. The number of hydrogen-bond acceptors (Lipinski definition) is 0. The number of rotatable bonds is 1. The Morgan fingerprint density at radius 3 is 2.35 bits per heavy atom. The van der Waals surface area contributed by atoms with E-state index in [9.17, 15) is 0 Å². The molecule has 3 aromatic rings. The summed E-state index contributed by atoms with van der Waals surface area (Å²) in [6, 6.07) is 17.5. The van der Waals surface area contributed by atoms with Crippen LogP contribution in [-0.2, 0) is 7.05 Å². The molecule has 0 bridgehead atoms. The third-order valence-electron chi connectivity index (χ3n) is 4.03. The topological polar surface area (TPSA) is 3.88 Å². The lowest BCUT2D eigenvalue weighted by Gasteiger charge is -2.10. The molecule has 1 heteroatoms. The molecule has 1 heterocycles. The largest absolute Gasteiger partial charge is 0.215 e. The maximum Gasteiger partial charge on any atom is 0.215 e. The van der Waals surface area contributed by atoms with Gasteiger partial charge in [0, 0.05) is 22.6 Å². The molecule has 20 heavy (non-hydrogen) atoms. The van der Waals surface area contributed by atoms with Crippen LogP contribution < -0.4 is 4.57 Å². The van der Waals surface area contributed by atoms with Crippen molar-refractivity contribution in [2.75, 3.05) is 0 Å². The molecule has 1 aromatic heterocycles. The molecule has 0 saturated heterocycles. The molecule has 0 spiro atoms. The number of benzene rings is 2. The van der Waals surface area contributed by atoms with E-state index in [-0.39, 0.29) is 0 Å². The van der Waals surface area contributed by atoms with Gasteiger partial charge in [0.25, 0.3) is 0 Å². The van der Waals surface area contributed by atoms with Gasteiger partial charge in [-0.1, -0.05) is 29.8 Å². The van der Waals surface area contributed by atoms with Crippen molar-refractivity contribution >= 4 is 10.9 Å². The van der Waals surface area contributed by atoms with Crippen LogP contribution in [0.2, 0.25) is 0 Å². The maximum absolute atomic E-state index is 2.31. The third-order valence-corrected chi connectivity index (χ3v) is 4.03. The predicted molar refractivity (Wildman–Crippen MR) is 84.8 cm³/mol. The standard InChI is InChI=1S/C19H20N/c1-13-9-10-14(2)17(11-13)19-15(3)12-16-7-5-6-8-18(16)20(19)4/h5-12H,1-4H3/q+1. The van der Waals surface area contributed by atoms with E-state index < -0.39 is 0 Å². The summed E-state index contributed by atoms with van der Waals surface area (Å²) >= 11 is 0. The van der Waals surface area contributed by atoms with E-state index in [2.05, 4.69) is 80.9 Å². The van der Waals surface area contributed by atoms with Gasteiger partial charge >= 0.3 is 0 Å². The molecule has 0 unspecified atom stereocenters. The van der Waals surface area contributed by atoms with Gasteiger partial charge in [-0.15, -0.1) is 0 Å². The Kier molecular flexibility index (Phi) is 3.06. The van der Waals surface area contributed by atoms with Crippen LogP contribution >= 0.6 is 0 Å². The van der Waals surface area contributed by atoms with Crippen molar-refractivity contribution in [2.24, 2.45) is 7.05 Å². The van der Waals surface area contributed by atoms with Gasteiger partial charge in [-0.3, -0.25) is 0 Å². The molecule has 0 fully saturated rings. The molecule has 3 rings (SSSR count). The second kappa shape index (κ2) is 4.75. The summed E-state index contributed by atoms with van der Waals surface area (Å²) in [5.41, 5.74) is 7.86. The van der Waals surface area contributed by atoms with E-state index in [1.54, 1.807) is 0 Å². The summed E-state index contributed by atoms with van der Waals surface area (Å²) in [4.78, 5) is 0. The van der Waals surface area contributed by atoms with Crippen LogP contribution in [0.4, 0.5) is 0 Å². The highest BCUT2D eigenvalue weighted by Gasteiger charge is 2.19. The third kappa shape index (κ3) is 2.00. The van der Waals surface area contributed by atoms with Crippen LogP contribution in [-0.4, -0.2) is 0 Å². The predicted octanol–water partition coefficient (Wildman–Crippen LogP) is 4.26. The zero-order valence-electron chi connectivity index (χ0n) is 12.6. The van der Waals surface area contributed by atoms with Crippen molar-refractivity contribution < 1.29 is 4.57 Å². The Morgan fingerprint density at radius 2 is 1.55 bits per heavy atom. The van der Waals surface area contributed by atoms with Crippen molar-refractivity contribution in [1.29, 1.82) is 0 Å². The SMILES string of the molecule is Cc1ccc(C)c(-c2c(C)cc3ccccc3[n+]2C)c1. The van der Waals surface area contributed by atoms with E-state index in [0.29, 0.717) is 0 Å². The lowest BCUT2D eigenvalue weighted by molar-refractivity contribution is -0.633. The van der Waals surface area contributed by atoms with E-state index in [0.717, 1.165) is 0 Å². The lowest BCUT2D eigenvalue weighted by Crippen LogP contribution is -2.33. The molecule has 1 nitrogen and oxygen atoms in total. The first kappa shape index (κ1) is 12.9. The van der Waals surface area contributed by atoms with Crippen LogP contribution in [0.1, 0.15) is 16.7 Å². The Hall–Kier alpha value is -2.15. The molecule has 2 aromatic carbocycles. The van der Waals surface area contributed by atoms with E-state index in [1.807, 2.05) is 0 Å². The fourth-order valence-electron chi connectivity index (χ4n) is 2.99. The fraction of sp³-hybridized carbons (Fsp3) is 0.211. The second-order valence-corrected chi connectivity index (χ2v) is 5.61. The van der Waals surface area contributed by atoms with Gasteiger partial charge in [-0.2, -0.15) is 4.57 Å². The van der Waals surface area contributed by atoms with Crippen LogP contribution in [0.25, 0.3) is 22.2 Å². The number of pyridine rings is 1. The Morgan fingerprint density at radius 1 is 0.800 bits per heavy atom. The zero-order valence-corrected chi connectivity index (χ0v) is 12.6. The molecule has 0 atom stereocenters. The summed E-state index contributed by atoms with van der Waals surface area (Å²) in [5.74, 6) is 0. The van der Waals surface area contributed by atoms with Crippen molar-refractivity contribution in [2.45, 2.75) is 20.8 Å². The normalized spacial score (nSPS) is 11.0. The van der Waals surface area contributed by atoms with E-state index in [4.69, 9.17) is 0 Å². The number of nitrogens with zero attached hydrogens (tertiary/aromatic N) is 1. The first-order valence-electron chi connectivity index (χ1n) is 7.04. The van der Waals surface area contributed by atoms with Gasteiger partial charge in [-0.25, -0.2) is 0 Å². The van der Waals surface area contributed by atoms with E-state index >= 15 is 0 Å². The van der Waals surface area contributed by atoms with Crippen LogP contribution in [0.3, 0.4) is 0 Å². The Labute approximate surface area is 120 Å². The highest BCUT2D eigenvalue weighted by atomic mass is 14.9. The lowest BCUT2D eigenvalue weighted by atomic mass is 9.98. The van der Waals surface area contributed by atoms with Gasteiger partial charge < -0.3 is 0 Å². The van der Waals surface area contributed by atoms with E-state index in [1.165, 1.54) is 38.9 Å². The van der Waals surface area contributed by atoms with Gasteiger partial charge in [0.15, 0.2) is 0 Å². The summed E-state index contributed by atoms with van der Waals surface area (Å²) in [7, 11) is 2.16. The second-order valence-electron chi connectivity index (χ2n) is 5.61. The average molecular weight is 262 g/mol. The monoisotopic (exact) mass is 262 g/mol. The minimum atomic E-state index is 1.27. The van der Waals surface area contributed by atoms with Crippen LogP contribution in [0, 0.1) is 20.8 Å². The van der Waals surface area contributed by atoms with Gasteiger partial charge in [0.05, 0.1) is 0 Å². The number of aryl methyl sites for hydroxylation is 4. The molecule has 0 saturated carbocycles. The first-order valence-corrected chi connectivity index (χ1v) is 7.04. The van der Waals surface area contributed by atoms with Crippen LogP contribution in [0.5, 0.6) is 0 Å². The molecule has 0 radical (unpaired) electrons. The number of fused-ring (bicyclic) bond motifs is 1. The van der Waals surface area contributed by atoms with Gasteiger partial charge in [-0.05, 0) is 44.5 Å². The van der Waals surface area contributed by atoms with Crippen LogP contribution in [0.15, 0.2) is 48.5 Å². The molecular weight excluding hydrogens is 242 g/mol. The fourth-order valence-corrected chi connectivity index (χ4v) is 2.99. The molecule has 0 aliphatic carbocycles. The highest BCUT2D eigenvalue weighted by molar-refractivity contribution is 5.79. The molecule has 0 aliphatic rings. The molecule has 0 aliphatic heterocycles. The molecule has 0 N–H and O–H groups in total. The summed E-state index contributed by atoms with van der Waals surface area (Å²) in [6.07, 6.45) is 0. The smallest absolute Gasteiger partial charge is 0.194 e. The maximum atomic E-state index is 2.31. The Balaban J connectivity index is 2.39. The van der Waals surface area contributed by atoms with Gasteiger partial charge in [0.2, 0.25) is 11.2 Å². The Bertz CT molecular complexity index is 800. The molecule has 100 valence electrons. The average Bonchev–Trinajstić information content (AvgIpc) is 2.42. The van der Waals surface area contributed by atoms with Crippen molar-refractivity contribution in [3.05, 3.63) is 65.2 Å². The summed E-state index contributed by atoms with van der Waals surface area (Å²) in [5, 5.41) is 1.29. The summed E-state index contributed by atoms with van der Waals surface area (Å²) < 4.78 is 2.31. The highest BCUT2D eigenvalue weighted by Crippen LogP contribution is 2.26. The minimum Gasteiger partial charge on any atom is -0.194 e. The van der Waals surface area contributed by atoms with Gasteiger partial charge in [0.1, 0.15) is 7.05 Å². The number of hydrogen-bond donors (Lipinski definition) is 0. The first-order chi connectivity index (χ1) is 9.58. The molecular formula is C19H20N+. The van der Waals surface area contributed by atoms with Crippen molar-refractivity contribution in [3.8, 4) is 11.3 Å². The minimum absolute atomic E-state index is 1.27. The number of para-hydroxylation sites is 1.